The minimum Gasteiger partial charge on any atom is -0.142 e. The molecule has 0 spiro atoms. The van der Waals surface area contributed by atoms with Crippen molar-refractivity contribution < 1.29 is 0 Å². The van der Waals surface area contributed by atoms with Crippen LogP contribution in [-0.4, -0.2) is 10.5 Å². The van der Waals surface area contributed by atoms with Crippen molar-refractivity contribution in [3.8, 4) is 0 Å². The molecule has 0 amide bonds. The summed E-state index contributed by atoms with van der Waals surface area (Å²) >= 11 is 8.37. The van der Waals surface area contributed by atoms with E-state index in [1.807, 2.05) is 23.8 Å². The van der Waals surface area contributed by atoms with Gasteiger partial charge in [0, 0.05) is 0 Å². The molecule has 1 heterocycles. The van der Waals surface area contributed by atoms with E-state index in [2.05, 4.69) is 0 Å². The smallest absolute Gasteiger partial charge is 0.0875 e. The van der Waals surface area contributed by atoms with E-state index in [4.69, 9.17) is 12.2 Å². The van der Waals surface area contributed by atoms with Gasteiger partial charge in [-0.3, -0.25) is 0 Å². The molecule has 3 heteroatoms. The van der Waals surface area contributed by atoms with Gasteiger partial charge in [-0.1, -0.05) is 18.3 Å². The Kier molecular flexibility index (Phi) is 2.69. The van der Waals surface area contributed by atoms with Gasteiger partial charge in [0.1, 0.15) is 0 Å². The Morgan fingerprint density at radius 3 is 3.00 bits per heavy atom. The van der Waals surface area contributed by atoms with Crippen LogP contribution in [0.15, 0.2) is 17.5 Å². The van der Waals surface area contributed by atoms with Crippen LogP contribution in [0.4, 0.5) is 0 Å². The molecule has 0 N–H and O–H groups in total. The van der Waals surface area contributed by atoms with Crippen LogP contribution in [0, 0.1) is 0 Å². The number of thiocarbonyl (C=S) groups is 1. The van der Waals surface area contributed by atoms with E-state index in [1.54, 1.807) is 23.1 Å². The molecule has 0 aliphatic heterocycles. The van der Waals surface area contributed by atoms with Gasteiger partial charge in [0.15, 0.2) is 0 Å². The molecule has 0 nitrogen and oxygen atoms in total. The molecule has 0 saturated carbocycles. The van der Waals surface area contributed by atoms with Crippen LogP contribution < -0.4 is 0 Å². The molecule has 0 bridgehead atoms. The van der Waals surface area contributed by atoms with Gasteiger partial charge in [-0.2, -0.15) is 0 Å². The van der Waals surface area contributed by atoms with Gasteiger partial charge >= 0.3 is 0 Å². The van der Waals surface area contributed by atoms with Crippen LogP contribution in [-0.2, 0) is 0 Å². The van der Waals surface area contributed by atoms with Crippen molar-refractivity contribution in [3.05, 3.63) is 22.4 Å². The molecular weight excluding hydrogens is 168 g/mol. The summed E-state index contributed by atoms with van der Waals surface area (Å²) in [6, 6.07) is 4.06. The topological polar surface area (TPSA) is 0 Å². The summed E-state index contributed by atoms with van der Waals surface area (Å²) in [4.78, 5) is 1.21. The zero-order chi connectivity index (χ0) is 6.69. The fraction of sp³-hybridized carbons (Fsp3) is 0.167. The van der Waals surface area contributed by atoms with Crippen molar-refractivity contribution in [3.63, 3.8) is 0 Å². The predicted molar refractivity (Wildman–Crippen MR) is 49.5 cm³/mol. The van der Waals surface area contributed by atoms with Crippen molar-refractivity contribution in [2.24, 2.45) is 0 Å². The molecule has 1 rings (SSSR count). The van der Waals surface area contributed by atoms with Crippen molar-refractivity contribution >= 4 is 39.5 Å². The summed E-state index contributed by atoms with van der Waals surface area (Å²) < 4.78 is 0.991. The van der Waals surface area contributed by atoms with E-state index < -0.39 is 0 Å². The maximum atomic E-state index is 5.05. The molecule has 1 aromatic rings. The zero-order valence-electron chi connectivity index (χ0n) is 4.96. The van der Waals surface area contributed by atoms with E-state index in [9.17, 15) is 0 Å². The highest BCUT2D eigenvalue weighted by molar-refractivity contribution is 8.23. The summed E-state index contributed by atoms with van der Waals surface area (Å²) in [5, 5.41) is 2.04. The third-order valence-electron chi connectivity index (χ3n) is 0.908. The average molecular weight is 174 g/mol. The second-order valence-corrected chi connectivity index (χ2v) is 3.90. The van der Waals surface area contributed by atoms with Crippen LogP contribution in [0.25, 0.3) is 0 Å². The van der Waals surface area contributed by atoms with Crippen LogP contribution in [0.2, 0.25) is 0 Å². The third kappa shape index (κ3) is 1.78. The molecule has 48 valence electrons. The second kappa shape index (κ2) is 3.34. The Balaban J connectivity index is 2.77. The maximum Gasteiger partial charge on any atom is 0.0875 e. The van der Waals surface area contributed by atoms with E-state index in [0.717, 1.165) is 4.20 Å². The first kappa shape index (κ1) is 7.25. The van der Waals surface area contributed by atoms with Crippen LogP contribution >= 0.6 is 35.3 Å². The minimum absolute atomic E-state index is 0.991. The van der Waals surface area contributed by atoms with Crippen LogP contribution in [0.5, 0.6) is 0 Å². The first-order chi connectivity index (χ1) is 4.34. The lowest BCUT2D eigenvalue weighted by Gasteiger charge is -1.90. The molecular formula is C6H6S3. The molecule has 0 aliphatic carbocycles. The fourth-order valence-electron chi connectivity index (χ4n) is 0.495. The van der Waals surface area contributed by atoms with Crippen molar-refractivity contribution in [1.29, 1.82) is 0 Å². The zero-order valence-corrected chi connectivity index (χ0v) is 7.41. The highest BCUT2D eigenvalue weighted by Gasteiger charge is 1.96. The van der Waals surface area contributed by atoms with E-state index in [-0.39, 0.29) is 0 Å². The molecule has 1 aromatic heterocycles. The summed E-state index contributed by atoms with van der Waals surface area (Å²) in [6.07, 6.45) is 2.00. The van der Waals surface area contributed by atoms with Crippen LogP contribution in [0.3, 0.4) is 0 Å². The summed E-state index contributed by atoms with van der Waals surface area (Å²) in [5.74, 6) is 0. The van der Waals surface area contributed by atoms with Crippen LogP contribution in [0.1, 0.15) is 4.88 Å². The van der Waals surface area contributed by atoms with Gasteiger partial charge in [-0.05, 0) is 17.7 Å². The molecule has 0 aliphatic rings. The molecule has 0 fully saturated rings. The fourth-order valence-corrected chi connectivity index (χ4v) is 1.93. The number of rotatable bonds is 1. The molecule has 9 heavy (non-hydrogen) atoms. The molecule has 0 unspecified atom stereocenters. The summed E-state index contributed by atoms with van der Waals surface area (Å²) in [6.45, 7) is 0. The van der Waals surface area contributed by atoms with Gasteiger partial charge in [0.05, 0.1) is 9.07 Å². The SMILES string of the molecule is CSC(=S)c1cccs1. The quantitative estimate of drug-likeness (QED) is 0.600. The number of hydrogen-bond acceptors (Lipinski definition) is 3. The lowest BCUT2D eigenvalue weighted by Crippen LogP contribution is -1.81. The van der Waals surface area contributed by atoms with Gasteiger partial charge in [0.25, 0.3) is 0 Å². The van der Waals surface area contributed by atoms with E-state index in [1.165, 1.54) is 4.88 Å². The minimum atomic E-state index is 0.991. The summed E-state index contributed by atoms with van der Waals surface area (Å²) in [7, 11) is 0. The highest BCUT2D eigenvalue weighted by atomic mass is 32.2. The lowest BCUT2D eigenvalue weighted by atomic mass is 10.5. The van der Waals surface area contributed by atoms with Gasteiger partial charge in [0.2, 0.25) is 0 Å². The van der Waals surface area contributed by atoms with Gasteiger partial charge in [-0.25, -0.2) is 0 Å². The first-order valence-electron chi connectivity index (χ1n) is 2.46. The Morgan fingerprint density at radius 1 is 1.78 bits per heavy atom. The summed E-state index contributed by atoms with van der Waals surface area (Å²) in [5.41, 5.74) is 0. The monoisotopic (exact) mass is 174 g/mol. The Hall–Kier alpha value is 0.140. The third-order valence-corrected chi connectivity index (χ3v) is 3.36. The maximum absolute atomic E-state index is 5.05. The largest absolute Gasteiger partial charge is 0.142 e. The van der Waals surface area contributed by atoms with E-state index >= 15 is 0 Å². The number of hydrogen-bond donors (Lipinski definition) is 0. The Bertz CT molecular complexity index is 188. The normalized spacial score (nSPS) is 9.44. The molecule has 0 atom stereocenters. The number of thioether (sulfide) groups is 1. The molecule has 0 aromatic carbocycles. The average Bonchev–Trinajstić information content (AvgIpc) is 2.37. The molecule has 0 radical (unpaired) electrons. The van der Waals surface area contributed by atoms with Gasteiger partial charge in [-0.15, -0.1) is 23.1 Å². The van der Waals surface area contributed by atoms with Crippen molar-refractivity contribution in [1.82, 2.24) is 0 Å². The van der Waals surface area contributed by atoms with Crippen molar-refractivity contribution in [2.45, 2.75) is 0 Å². The molecule has 0 saturated heterocycles. The second-order valence-electron chi connectivity index (χ2n) is 1.47. The Morgan fingerprint density at radius 2 is 2.56 bits per heavy atom. The lowest BCUT2D eigenvalue weighted by molar-refractivity contribution is 1.99. The van der Waals surface area contributed by atoms with Crippen molar-refractivity contribution in [2.75, 3.05) is 6.26 Å². The standard InChI is InChI=1S/C6H6S3/c1-8-6(7)5-3-2-4-9-5/h2-4H,1H3. The predicted octanol–water partition coefficient (Wildman–Crippen LogP) is 2.79. The first-order valence-corrected chi connectivity index (χ1v) is 4.97. The van der Waals surface area contributed by atoms with Gasteiger partial charge < -0.3 is 0 Å². The Labute approximate surface area is 68.3 Å². The van der Waals surface area contributed by atoms with E-state index in [0.29, 0.717) is 0 Å². The number of thiophene rings is 1. The highest BCUT2D eigenvalue weighted by Crippen LogP contribution is 2.15.